The molecule has 0 amide bonds. The predicted molar refractivity (Wildman–Crippen MR) is 97.5 cm³/mol. The van der Waals surface area contributed by atoms with Crippen LogP contribution < -0.4 is 0 Å². The molecule has 120 valence electrons. The average molecular weight is 433 g/mol. The zero-order valence-electron chi connectivity index (χ0n) is 12.7. The van der Waals surface area contributed by atoms with Crippen molar-refractivity contribution in [1.29, 1.82) is 0 Å². The number of ether oxygens (including phenoxy) is 2. The Balaban J connectivity index is 1.87. The monoisotopic (exact) mass is 433 g/mol. The van der Waals surface area contributed by atoms with Crippen molar-refractivity contribution in [2.24, 2.45) is 4.99 Å². The average Bonchev–Trinajstić information content (AvgIpc) is 2.96. The van der Waals surface area contributed by atoms with E-state index in [0.717, 1.165) is 14.7 Å². The topological polar surface area (TPSA) is 65.0 Å². The van der Waals surface area contributed by atoms with Crippen LogP contribution in [0.4, 0.5) is 0 Å². The summed E-state index contributed by atoms with van der Waals surface area (Å²) >= 11 is 2.18. The van der Waals surface area contributed by atoms with E-state index in [-0.39, 0.29) is 11.6 Å². The van der Waals surface area contributed by atoms with Crippen LogP contribution in [0.2, 0.25) is 0 Å². The number of methoxy groups -OCH3 is 1. The van der Waals surface area contributed by atoms with Crippen LogP contribution in [0.1, 0.15) is 21.5 Å². The number of aliphatic imine (C=N–C) groups is 1. The summed E-state index contributed by atoms with van der Waals surface area (Å²) in [5.74, 6) is -0.620. The highest BCUT2D eigenvalue weighted by Crippen LogP contribution is 2.20. The van der Waals surface area contributed by atoms with Gasteiger partial charge in [0.1, 0.15) is 0 Å². The molecule has 0 fully saturated rings. The summed E-state index contributed by atoms with van der Waals surface area (Å²) in [4.78, 5) is 27.7. The van der Waals surface area contributed by atoms with Crippen LogP contribution in [0.3, 0.4) is 0 Å². The van der Waals surface area contributed by atoms with Gasteiger partial charge in [0, 0.05) is 9.13 Å². The molecule has 0 N–H and O–H groups in total. The van der Waals surface area contributed by atoms with Crippen molar-refractivity contribution in [2.45, 2.75) is 0 Å². The van der Waals surface area contributed by atoms with Gasteiger partial charge in [-0.3, -0.25) is 0 Å². The molecule has 3 rings (SSSR count). The third kappa shape index (κ3) is 3.53. The molecule has 0 bridgehead atoms. The third-order valence-electron chi connectivity index (χ3n) is 3.33. The van der Waals surface area contributed by atoms with Crippen LogP contribution in [-0.4, -0.2) is 24.9 Å². The molecule has 0 aliphatic carbocycles. The van der Waals surface area contributed by atoms with E-state index in [2.05, 4.69) is 32.3 Å². The van der Waals surface area contributed by atoms with E-state index in [1.807, 2.05) is 24.3 Å². The molecule has 6 heteroatoms. The van der Waals surface area contributed by atoms with Gasteiger partial charge in [0.2, 0.25) is 5.90 Å². The number of carbonyl (C=O) groups is 2. The Hall–Kier alpha value is -2.48. The van der Waals surface area contributed by atoms with Crippen LogP contribution in [0.5, 0.6) is 0 Å². The largest absolute Gasteiger partial charge is 0.465 e. The summed E-state index contributed by atoms with van der Waals surface area (Å²) in [5, 5.41) is 0. The number of nitrogens with zero attached hydrogens (tertiary/aromatic N) is 1. The zero-order valence-corrected chi connectivity index (χ0v) is 14.8. The summed E-state index contributed by atoms with van der Waals surface area (Å²) in [6.07, 6.45) is 1.62. The molecule has 0 radical (unpaired) electrons. The summed E-state index contributed by atoms with van der Waals surface area (Å²) in [6.45, 7) is 0. The minimum atomic E-state index is -0.499. The lowest BCUT2D eigenvalue weighted by Crippen LogP contribution is -2.05. The van der Waals surface area contributed by atoms with Crippen molar-refractivity contribution in [2.75, 3.05) is 7.11 Å². The van der Waals surface area contributed by atoms with E-state index in [1.54, 1.807) is 30.3 Å². The quantitative estimate of drug-likeness (QED) is 0.423. The Labute approximate surface area is 152 Å². The van der Waals surface area contributed by atoms with Crippen LogP contribution in [0.25, 0.3) is 6.08 Å². The zero-order chi connectivity index (χ0) is 17.1. The number of hydrogen-bond donors (Lipinski definition) is 0. The highest BCUT2D eigenvalue weighted by molar-refractivity contribution is 14.1. The Bertz CT molecular complexity index is 869. The van der Waals surface area contributed by atoms with Crippen molar-refractivity contribution in [3.8, 4) is 0 Å². The summed E-state index contributed by atoms with van der Waals surface area (Å²) in [6, 6.07) is 14.2. The second-order valence-electron chi connectivity index (χ2n) is 4.96. The lowest BCUT2D eigenvalue weighted by molar-refractivity contribution is -0.129. The number of cyclic esters (lactones) is 1. The van der Waals surface area contributed by atoms with Gasteiger partial charge in [0.05, 0.1) is 12.7 Å². The Morgan fingerprint density at radius 3 is 2.62 bits per heavy atom. The van der Waals surface area contributed by atoms with Crippen molar-refractivity contribution in [1.82, 2.24) is 0 Å². The van der Waals surface area contributed by atoms with Gasteiger partial charge in [-0.1, -0.05) is 18.2 Å². The Morgan fingerprint density at radius 2 is 1.96 bits per heavy atom. The van der Waals surface area contributed by atoms with Crippen LogP contribution in [-0.2, 0) is 14.3 Å². The smallest absolute Gasteiger partial charge is 0.363 e. The van der Waals surface area contributed by atoms with E-state index >= 15 is 0 Å². The molecule has 24 heavy (non-hydrogen) atoms. The lowest BCUT2D eigenvalue weighted by atomic mass is 10.1. The molecule has 2 aromatic carbocycles. The minimum Gasteiger partial charge on any atom is -0.465 e. The maximum absolute atomic E-state index is 12.0. The van der Waals surface area contributed by atoms with Crippen LogP contribution in [0, 0.1) is 3.57 Å². The maximum Gasteiger partial charge on any atom is 0.363 e. The molecule has 0 aromatic heterocycles. The van der Waals surface area contributed by atoms with Gasteiger partial charge in [0.25, 0.3) is 0 Å². The summed E-state index contributed by atoms with van der Waals surface area (Å²) < 4.78 is 10.9. The van der Waals surface area contributed by atoms with Crippen molar-refractivity contribution >= 4 is 46.5 Å². The molecule has 0 atom stereocenters. The lowest BCUT2D eigenvalue weighted by Gasteiger charge is -1.99. The number of hydrogen-bond acceptors (Lipinski definition) is 5. The predicted octanol–water partition coefficient (Wildman–Crippen LogP) is 3.42. The van der Waals surface area contributed by atoms with Gasteiger partial charge in [0.15, 0.2) is 5.70 Å². The second-order valence-corrected chi connectivity index (χ2v) is 6.21. The second kappa shape index (κ2) is 6.96. The number of carbonyl (C=O) groups excluding carboxylic acids is 2. The number of esters is 2. The van der Waals surface area contributed by atoms with Gasteiger partial charge in [-0.05, 0) is 64.6 Å². The highest BCUT2D eigenvalue weighted by Gasteiger charge is 2.24. The Kier molecular flexibility index (Phi) is 4.75. The van der Waals surface area contributed by atoms with Crippen LogP contribution >= 0.6 is 22.6 Å². The van der Waals surface area contributed by atoms with E-state index in [4.69, 9.17) is 4.74 Å². The molecule has 2 aromatic rings. The molecular weight excluding hydrogens is 421 g/mol. The fourth-order valence-electron chi connectivity index (χ4n) is 2.15. The fraction of sp³-hybridized carbons (Fsp3) is 0.0556. The normalized spacial score (nSPS) is 15.2. The molecular formula is C18H12INO4. The first kappa shape index (κ1) is 16.4. The number of benzene rings is 2. The van der Waals surface area contributed by atoms with Gasteiger partial charge in [-0.15, -0.1) is 0 Å². The minimum absolute atomic E-state index is 0.217. The molecule has 0 unspecified atom stereocenters. The Morgan fingerprint density at radius 1 is 1.21 bits per heavy atom. The first-order chi connectivity index (χ1) is 11.6. The van der Waals surface area contributed by atoms with Crippen LogP contribution in [0.15, 0.2) is 59.2 Å². The van der Waals surface area contributed by atoms with Gasteiger partial charge in [-0.2, -0.15) is 0 Å². The number of rotatable bonds is 3. The molecule has 0 saturated carbocycles. The molecule has 1 aliphatic heterocycles. The first-order valence-electron chi connectivity index (χ1n) is 7.04. The van der Waals surface area contributed by atoms with E-state index in [1.165, 1.54) is 7.11 Å². The molecule has 1 aliphatic rings. The third-order valence-corrected chi connectivity index (χ3v) is 4.00. The van der Waals surface area contributed by atoms with E-state index in [9.17, 15) is 9.59 Å². The van der Waals surface area contributed by atoms with Crippen molar-refractivity contribution in [3.63, 3.8) is 0 Å². The SMILES string of the molecule is COC(=O)c1ccc(/C=C2/N=C(c3cccc(I)c3)OC2=O)cc1. The molecule has 1 heterocycles. The summed E-state index contributed by atoms with van der Waals surface area (Å²) in [7, 11) is 1.33. The number of halogens is 1. The molecule has 0 saturated heterocycles. The fourth-order valence-corrected chi connectivity index (χ4v) is 2.69. The van der Waals surface area contributed by atoms with Crippen molar-refractivity contribution in [3.05, 3.63) is 74.5 Å². The maximum atomic E-state index is 12.0. The first-order valence-corrected chi connectivity index (χ1v) is 8.11. The van der Waals surface area contributed by atoms with Gasteiger partial charge < -0.3 is 9.47 Å². The van der Waals surface area contributed by atoms with E-state index in [0.29, 0.717) is 5.56 Å². The van der Waals surface area contributed by atoms with Gasteiger partial charge in [-0.25, -0.2) is 14.6 Å². The highest BCUT2D eigenvalue weighted by atomic mass is 127. The molecule has 5 nitrogen and oxygen atoms in total. The standard InChI is InChI=1S/C18H12INO4/c1-23-17(21)12-7-5-11(6-8-12)9-15-18(22)24-16(20-15)13-3-2-4-14(19)10-13/h2-10H,1H3/b15-9+. The summed E-state index contributed by atoms with van der Waals surface area (Å²) in [5.41, 5.74) is 2.15. The van der Waals surface area contributed by atoms with Gasteiger partial charge >= 0.3 is 11.9 Å². The molecule has 0 spiro atoms. The van der Waals surface area contributed by atoms with Crippen molar-refractivity contribution < 1.29 is 19.1 Å². The van der Waals surface area contributed by atoms with E-state index < -0.39 is 11.9 Å².